The molecule has 2 unspecified atom stereocenters. The lowest BCUT2D eigenvalue weighted by molar-refractivity contribution is -0.120. The van der Waals surface area contributed by atoms with Crippen molar-refractivity contribution in [1.82, 2.24) is 0 Å². The first-order valence-corrected chi connectivity index (χ1v) is 7.81. The fraction of sp³-hybridized carbons (Fsp3) is 0.562. The highest BCUT2D eigenvalue weighted by Crippen LogP contribution is 2.43. The van der Waals surface area contributed by atoms with Crippen molar-refractivity contribution in [1.29, 1.82) is 0 Å². The molecule has 7 nitrogen and oxygen atoms in total. The van der Waals surface area contributed by atoms with Gasteiger partial charge < -0.3 is 29.9 Å². The van der Waals surface area contributed by atoms with Gasteiger partial charge in [-0.05, 0) is 5.92 Å². The standard InChI is InChI=1S/C16H22N2O5/c1-9(2)15-16(21)18(7-10(20)8-19)12-6-14-13(5-11(12)17-15)22-3-4-23-14/h5-6,9-10,15,17,19-20H,3-4,7-8H2,1-2H3. The minimum atomic E-state index is -0.995. The summed E-state index contributed by atoms with van der Waals surface area (Å²) < 4.78 is 11.2. The van der Waals surface area contributed by atoms with Crippen LogP contribution in [0.25, 0.3) is 0 Å². The molecule has 2 aliphatic heterocycles. The van der Waals surface area contributed by atoms with Crippen LogP contribution in [-0.4, -0.2) is 54.6 Å². The lowest BCUT2D eigenvalue weighted by atomic mass is 9.98. The number of rotatable bonds is 4. The molecule has 0 radical (unpaired) electrons. The molecular formula is C16H22N2O5. The van der Waals surface area contributed by atoms with Gasteiger partial charge in [0.25, 0.3) is 0 Å². The van der Waals surface area contributed by atoms with Gasteiger partial charge in [-0.1, -0.05) is 13.8 Å². The molecule has 0 fully saturated rings. The number of hydrogen-bond acceptors (Lipinski definition) is 6. The summed E-state index contributed by atoms with van der Waals surface area (Å²) in [4.78, 5) is 14.3. The first-order chi connectivity index (χ1) is 11.0. The number of nitrogens with one attached hydrogen (secondary N) is 1. The molecular weight excluding hydrogens is 300 g/mol. The maximum Gasteiger partial charge on any atom is 0.249 e. The second-order valence-corrected chi connectivity index (χ2v) is 6.16. The molecule has 23 heavy (non-hydrogen) atoms. The Hall–Kier alpha value is -1.99. The highest BCUT2D eigenvalue weighted by atomic mass is 16.6. The summed E-state index contributed by atoms with van der Waals surface area (Å²) in [7, 11) is 0. The molecule has 1 aromatic carbocycles. The average molecular weight is 322 g/mol. The third-order valence-corrected chi connectivity index (χ3v) is 4.07. The third kappa shape index (κ3) is 2.94. The Balaban J connectivity index is 2.02. The zero-order valence-corrected chi connectivity index (χ0v) is 13.3. The summed E-state index contributed by atoms with van der Waals surface area (Å²) in [6.45, 7) is 4.50. The second-order valence-electron chi connectivity index (χ2n) is 6.16. The number of carbonyl (C=O) groups is 1. The van der Waals surface area contributed by atoms with Gasteiger partial charge in [0.05, 0.1) is 30.6 Å². The van der Waals surface area contributed by atoms with Crippen LogP contribution in [0.2, 0.25) is 0 Å². The fourth-order valence-corrected chi connectivity index (χ4v) is 2.84. The summed E-state index contributed by atoms with van der Waals surface area (Å²) in [5, 5.41) is 22.2. The number of aliphatic hydroxyl groups is 2. The van der Waals surface area contributed by atoms with Crippen molar-refractivity contribution in [3.8, 4) is 11.5 Å². The molecule has 1 amide bonds. The summed E-state index contributed by atoms with van der Waals surface area (Å²) in [6.07, 6.45) is -0.995. The number of hydrogen-bond donors (Lipinski definition) is 3. The van der Waals surface area contributed by atoms with Gasteiger partial charge in [0.2, 0.25) is 5.91 Å². The topological polar surface area (TPSA) is 91.3 Å². The van der Waals surface area contributed by atoms with Crippen molar-refractivity contribution in [3.63, 3.8) is 0 Å². The maximum absolute atomic E-state index is 12.7. The van der Waals surface area contributed by atoms with Gasteiger partial charge in [0.15, 0.2) is 11.5 Å². The van der Waals surface area contributed by atoms with Crippen molar-refractivity contribution >= 4 is 17.3 Å². The highest BCUT2D eigenvalue weighted by Gasteiger charge is 2.36. The SMILES string of the molecule is CC(C)C1Nc2cc3c(cc2N(CC(O)CO)C1=O)OCCO3. The number of carbonyl (C=O) groups excluding carboxylic acids is 1. The molecule has 0 saturated heterocycles. The quantitative estimate of drug-likeness (QED) is 0.752. The van der Waals surface area contributed by atoms with E-state index in [4.69, 9.17) is 14.6 Å². The summed E-state index contributed by atoms with van der Waals surface area (Å²) in [6, 6.07) is 3.18. The van der Waals surface area contributed by atoms with Crippen molar-refractivity contribution in [2.24, 2.45) is 5.92 Å². The summed E-state index contributed by atoms with van der Waals surface area (Å²) >= 11 is 0. The van der Waals surface area contributed by atoms with Crippen LogP contribution >= 0.6 is 0 Å². The molecule has 0 spiro atoms. The van der Waals surface area contributed by atoms with Crippen molar-refractivity contribution in [3.05, 3.63) is 12.1 Å². The Morgan fingerprint density at radius 3 is 2.57 bits per heavy atom. The Bertz CT molecular complexity index is 604. The monoisotopic (exact) mass is 322 g/mol. The molecule has 126 valence electrons. The number of benzene rings is 1. The third-order valence-electron chi connectivity index (χ3n) is 4.07. The Kier molecular flexibility index (Phi) is 4.32. The predicted molar refractivity (Wildman–Crippen MR) is 85.1 cm³/mol. The Labute approximate surface area is 134 Å². The zero-order chi connectivity index (χ0) is 16.6. The number of β-amino-alcohol motifs (C(OH)–C–C–N with tert-alkyl or cyclic N) is 1. The second kappa shape index (κ2) is 6.25. The van der Waals surface area contributed by atoms with Crippen molar-refractivity contribution < 1.29 is 24.5 Å². The van der Waals surface area contributed by atoms with Crippen LogP contribution in [-0.2, 0) is 4.79 Å². The van der Waals surface area contributed by atoms with Crippen molar-refractivity contribution in [2.45, 2.75) is 26.0 Å². The molecule has 0 bridgehead atoms. The molecule has 1 aromatic rings. The number of nitrogens with zero attached hydrogens (tertiary/aromatic N) is 1. The molecule has 3 N–H and O–H groups in total. The first-order valence-electron chi connectivity index (χ1n) is 7.81. The molecule has 2 atom stereocenters. The van der Waals surface area contributed by atoms with Gasteiger partial charge in [-0.25, -0.2) is 0 Å². The van der Waals surface area contributed by atoms with Crippen LogP contribution < -0.4 is 19.7 Å². The number of aliphatic hydroxyl groups excluding tert-OH is 2. The average Bonchev–Trinajstić information content (AvgIpc) is 2.55. The molecule has 0 aliphatic carbocycles. The first kappa shape index (κ1) is 15.9. The van der Waals surface area contributed by atoms with E-state index in [0.29, 0.717) is 30.4 Å². The number of anilines is 2. The minimum Gasteiger partial charge on any atom is -0.486 e. The van der Waals surface area contributed by atoms with Crippen molar-refractivity contribution in [2.75, 3.05) is 36.6 Å². The molecule has 7 heteroatoms. The van der Waals surface area contributed by atoms with E-state index in [0.717, 1.165) is 5.69 Å². The Morgan fingerprint density at radius 2 is 1.96 bits per heavy atom. The van der Waals surface area contributed by atoms with Crippen LogP contribution in [0, 0.1) is 5.92 Å². The van der Waals surface area contributed by atoms with Crippen LogP contribution in [0.5, 0.6) is 11.5 Å². The van der Waals surface area contributed by atoms with Crippen LogP contribution in [0.4, 0.5) is 11.4 Å². The predicted octanol–water partition coefficient (Wildman–Crippen LogP) is 0.594. The maximum atomic E-state index is 12.7. The molecule has 0 aromatic heterocycles. The smallest absolute Gasteiger partial charge is 0.249 e. The lowest BCUT2D eigenvalue weighted by Gasteiger charge is -2.38. The molecule has 0 saturated carbocycles. The molecule has 2 heterocycles. The minimum absolute atomic E-state index is 0.0346. The van der Waals surface area contributed by atoms with E-state index in [-0.39, 0.29) is 18.4 Å². The van der Waals surface area contributed by atoms with Gasteiger partial charge in [-0.2, -0.15) is 0 Å². The number of amides is 1. The summed E-state index contributed by atoms with van der Waals surface area (Å²) in [5.74, 6) is 1.17. The van der Waals surface area contributed by atoms with E-state index in [2.05, 4.69) is 5.32 Å². The van der Waals surface area contributed by atoms with Gasteiger partial charge in [-0.15, -0.1) is 0 Å². The van der Waals surface area contributed by atoms with Gasteiger partial charge in [-0.3, -0.25) is 4.79 Å². The van der Waals surface area contributed by atoms with E-state index in [9.17, 15) is 9.90 Å². The van der Waals surface area contributed by atoms with E-state index in [1.54, 1.807) is 6.07 Å². The largest absolute Gasteiger partial charge is 0.486 e. The van der Waals surface area contributed by atoms with E-state index in [1.807, 2.05) is 19.9 Å². The van der Waals surface area contributed by atoms with Crippen LogP contribution in [0.1, 0.15) is 13.8 Å². The number of fused-ring (bicyclic) bond motifs is 2. The zero-order valence-electron chi connectivity index (χ0n) is 13.3. The molecule has 3 rings (SSSR count). The van der Waals surface area contributed by atoms with E-state index >= 15 is 0 Å². The Morgan fingerprint density at radius 1 is 1.30 bits per heavy atom. The van der Waals surface area contributed by atoms with Crippen LogP contribution in [0.15, 0.2) is 12.1 Å². The normalized spacial score (nSPS) is 21.0. The van der Waals surface area contributed by atoms with Crippen LogP contribution in [0.3, 0.4) is 0 Å². The van der Waals surface area contributed by atoms with Gasteiger partial charge in [0.1, 0.15) is 19.3 Å². The molecule has 2 aliphatic rings. The van der Waals surface area contributed by atoms with E-state index in [1.165, 1.54) is 4.90 Å². The fourth-order valence-electron chi connectivity index (χ4n) is 2.84. The number of ether oxygens (including phenoxy) is 2. The van der Waals surface area contributed by atoms with E-state index < -0.39 is 18.8 Å². The van der Waals surface area contributed by atoms with Gasteiger partial charge >= 0.3 is 0 Å². The van der Waals surface area contributed by atoms with Gasteiger partial charge in [0, 0.05) is 12.1 Å². The lowest BCUT2D eigenvalue weighted by Crippen LogP contribution is -2.52. The highest BCUT2D eigenvalue weighted by molar-refractivity contribution is 6.05. The summed E-state index contributed by atoms with van der Waals surface area (Å²) in [5.41, 5.74) is 1.39.